The van der Waals surface area contributed by atoms with Crippen molar-refractivity contribution in [3.05, 3.63) is 29.6 Å². The zero-order valence-electron chi connectivity index (χ0n) is 12.4. The first-order chi connectivity index (χ1) is 10.2. The smallest absolute Gasteiger partial charge is 0.335 e. The van der Waals surface area contributed by atoms with Gasteiger partial charge in [0.1, 0.15) is 5.82 Å². The van der Waals surface area contributed by atoms with E-state index >= 15 is 0 Å². The van der Waals surface area contributed by atoms with E-state index in [1.807, 2.05) is 0 Å². The number of hydrogen-bond donors (Lipinski definition) is 1. The maximum absolute atomic E-state index is 11.2. The second-order valence-electron chi connectivity index (χ2n) is 5.64. The van der Waals surface area contributed by atoms with Gasteiger partial charge in [-0.2, -0.15) is 0 Å². The molecule has 0 saturated heterocycles. The highest BCUT2D eigenvalue weighted by Crippen LogP contribution is 2.42. The molecule has 3 rings (SSSR count). The van der Waals surface area contributed by atoms with Gasteiger partial charge in [-0.05, 0) is 37.5 Å². The summed E-state index contributed by atoms with van der Waals surface area (Å²) in [5.41, 5.74) is 2.08. The number of benzene rings is 1. The van der Waals surface area contributed by atoms with Gasteiger partial charge < -0.3 is 14.4 Å². The average molecular weight is 288 g/mol. The van der Waals surface area contributed by atoms with Crippen LogP contribution in [0.1, 0.15) is 54.3 Å². The Balaban J connectivity index is 2.18. The lowest BCUT2D eigenvalue weighted by Gasteiger charge is -2.19. The summed E-state index contributed by atoms with van der Waals surface area (Å²) >= 11 is 0. The Bertz CT molecular complexity index is 673. The predicted octanol–water partition coefficient (Wildman–Crippen LogP) is 3.21. The van der Waals surface area contributed by atoms with Crippen LogP contribution in [0.5, 0.6) is 0 Å². The molecule has 1 saturated carbocycles. The largest absolute Gasteiger partial charge is 0.478 e. The number of carboxylic acids is 1. The fraction of sp³-hybridized carbons (Fsp3) is 0.500. The minimum Gasteiger partial charge on any atom is -0.478 e. The summed E-state index contributed by atoms with van der Waals surface area (Å²) in [5.74, 6) is 0.686. The Morgan fingerprint density at radius 2 is 2.29 bits per heavy atom. The normalized spacial score (nSPS) is 16.3. The third-order valence-corrected chi connectivity index (χ3v) is 4.10. The topological polar surface area (TPSA) is 64.4 Å². The molecule has 1 aliphatic carbocycles. The highest BCUT2D eigenvalue weighted by Gasteiger charge is 2.31. The average Bonchev–Trinajstić information content (AvgIpc) is 3.25. The number of imidazole rings is 1. The monoisotopic (exact) mass is 288 g/mol. The van der Waals surface area contributed by atoms with Crippen molar-refractivity contribution >= 4 is 17.0 Å². The molecule has 0 radical (unpaired) electrons. The van der Waals surface area contributed by atoms with Gasteiger partial charge in [-0.15, -0.1) is 0 Å². The molecule has 2 aromatic rings. The van der Waals surface area contributed by atoms with E-state index < -0.39 is 5.97 Å². The SMILES string of the molecule is CCC(COC)n1c(C2CC2)nc2ccc(C(=O)O)cc21. The van der Waals surface area contributed by atoms with E-state index in [2.05, 4.69) is 11.5 Å². The van der Waals surface area contributed by atoms with Crippen LogP contribution in [0.3, 0.4) is 0 Å². The molecule has 112 valence electrons. The van der Waals surface area contributed by atoms with Crippen LogP contribution in [-0.2, 0) is 4.74 Å². The molecule has 1 heterocycles. The molecule has 1 unspecified atom stereocenters. The lowest BCUT2D eigenvalue weighted by molar-refractivity contribution is 0.0697. The van der Waals surface area contributed by atoms with Crippen LogP contribution in [0, 0.1) is 0 Å². The van der Waals surface area contributed by atoms with Crippen molar-refractivity contribution in [1.29, 1.82) is 0 Å². The first-order valence-electron chi connectivity index (χ1n) is 7.39. The van der Waals surface area contributed by atoms with Crippen LogP contribution in [-0.4, -0.2) is 34.3 Å². The summed E-state index contributed by atoms with van der Waals surface area (Å²) in [4.78, 5) is 16.0. The molecule has 1 atom stereocenters. The van der Waals surface area contributed by atoms with Crippen molar-refractivity contribution in [2.24, 2.45) is 0 Å². The molecule has 0 amide bonds. The predicted molar refractivity (Wildman–Crippen MR) is 79.9 cm³/mol. The summed E-state index contributed by atoms with van der Waals surface area (Å²) in [5, 5.41) is 9.21. The van der Waals surface area contributed by atoms with Crippen molar-refractivity contribution in [1.82, 2.24) is 9.55 Å². The van der Waals surface area contributed by atoms with Crippen LogP contribution >= 0.6 is 0 Å². The Kier molecular flexibility index (Phi) is 3.68. The molecule has 1 fully saturated rings. The maximum Gasteiger partial charge on any atom is 0.335 e. The first-order valence-corrected chi connectivity index (χ1v) is 7.39. The van der Waals surface area contributed by atoms with Crippen molar-refractivity contribution in [3.8, 4) is 0 Å². The van der Waals surface area contributed by atoms with E-state index in [4.69, 9.17) is 9.72 Å². The van der Waals surface area contributed by atoms with Gasteiger partial charge in [0.2, 0.25) is 0 Å². The summed E-state index contributed by atoms with van der Waals surface area (Å²) in [6.07, 6.45) is 3.26. The molecule has 1 aromatic heterocycles. The number of aromatic nitrogens is 2. The molecule has 0 bridgehead atoms. The highest BCUT2D eigenvalue weighted by molar-refractivity contribution is 5.92. The molecule has 5 heteroatoms. The van der Waals surface area contributed by atoms with Crippen molar-refractivity contribution < 1.29 is 14.6 Å². The van der Waals surface area contributed by atoms with Crippen LogP contribution in [0.25, 0.3) is 11.0 Å². The van der Waals surface area contributed by atoms with Crippen LogP contribution in [0.15, 0.2) is 18.2 Å². The van der Waals surface area contributed by atoms with Gasteiger partial charge in [0.15, 0.2) is 0 Å². The van der Waals surface area contributed by atoms with E-state index in [0.29, 0.717) is 18.1 Å². The molecule has 1 N–H and O–H groups in total. The Hall–Kier alpha value is -1.88. The lowest BCUT2D eigenvalue weighted by Crippen LogP contribution is -2.16. The number of carbonyl (C=O) groups is 1. The Morgan fingerprint density at radius 1 is 1.52 bits per heavy atom. The number of carboxylic acid groups (broad SMARTS) is 1. The van der Waals surface area contributed by atoms with Crippen molar-refractivity contribution in [2.45, 2.75) is 38.1 Å². The fourth-order valence-electron chi connectivity index (χ4n) is 2.83. The number of ether oxygens (including phenoxy) is 1. The molecule has 1 aliphatic rings. The number of rotatable bonds is 6. The first kappa shape index (κ1) is 14.1. The van der Waals surface area contributed by atoms with E-state index in [0.717, 1.165) is 23.3 Å². The quantitative estimate of drug-likeness (QED) is 0.886. The zero-order chi connectivity index (χ0) is 15.0. The maximum atomic E-state index is 11.2. The van der Waals surface area contributed by atoms with E-state index in [9.17, 15) is 9.90 Å². The zero-order valence-corrected chi connectivity index (χ0v) is 12.4. The summed E-state index contributed by atoms with van der Waals surface area (Å²) in [6, 6.07) is 5.35. The molecule has 5 nitrogen and oxygen atoms in total. The van der Waals surface area contributed by atoms with Gasteiger partial charge in [-0.25, -0.2) is 9.78 Å². The van der Waals surface area contributed by atoms with Gasteiger partial charge in [0.05, 0.1) is 29.2 Å². The highest BCUT2D eigenvalue weighted by atomic mass is 16.5. The summed E-state index contributed by atoms with van der Waals surface area (Å²) in [7, 11) is 1.70. The molecule has 0 spiro atoms. The van der Waals surface area contributed by atoms with Gasteiger partial charge in [-0.3, -0.25) is 0 Å². The standard InChI is InChI=1S/C16H20N2O3/c1-3-12(9-21-2)18-14-8-11(16(19)20)6-7-13(14)17-15(18)10-4-5-10/h6-8,10,12H,3-5,9H2,1-2H3,(H,19,20). The van der Waals surface area contributed by atoms with E-state index in [-0.39, 0.29) is 6.04 Å². The van der Waals surface area contributed by atoms with E-state index in [1.54, 1.807) is 25.3 Å². The molecule has 21 heavy (non-hydrogen) atoms. The van der Waals surface area contributed by atoms with Crippen LogP contribution in [0.2, 0.25) is 0 Å². The second kappa shape index (κ2) is 5.48. The molecular formula is C16H20N2O3. The van der Waals surface area contributed by atoms with Crippen LogP contribution in [0.4, 0.5) is 0 Å². The summed E-state index contributed by atoms with van der Waals surface area (Å²) < 4.78 is 7.53. The number of fused-ring (bicyclic) bond motifs is 1. The Morgan fingerprint density at radius 3 is 2.86 bits per heavy atom. The minimum atomic E-state index is -0.905. The summed E-state index contributed by atoms with van der Waals surface area (Å²) in [6.45, 7) is 2.73. The molecule has 1 aromatic carbocycles. The van der Waals surface area contributed by atoms with Crippen molar-refractivity contribution in [3.63, 3.8) is 0 Å². The number of nitrogens with zero attached hydrogens (tertiary/aromatic N) is 2. The van der Waals surface area contributed by atoms with Gasteiger partial charge in [0, 0.05) is 13.0 Å². The van der Waals surface area contributed by atoms with Gasteiger partial charge >= 0.3 is 5.97 Å². The number of aromatic carboxylic acids is 1. The number of methoxy groups -OCH3 is 1. The molecule has 0 aliphatic heterocycles. The van der Waals surface area contributed by atoms with E-state index in [1.165, 1.54) is 12.8 Å². The van der Waals surface area contributed by atoms with Gasteiger partial charge in [-0.1, -0.05) is 6.92 Å². The third kappa shape index (κ3) is 2.53. The Labute approximate surface area is 123 Å². The fourth-order valence-corrected chi connectivity index (χ4v) is 2.83. The minimum absolute atomic E-state index is 0.194. The van der Waals surface area contributed by atoms with Crippen molar-refractivity contribution in [2.75, 3.05) is 13.7 Å². The third-order valence-electron chi connectivity index (χ3n) is 4.10. The van der Waals surface area contributed by atoms with Gasteiger partial charge in [0.25, 0.3) is 0 Å². The molecular weight excluding hydrogens is 268 g/mol. The number of hydrogen-bond acceptors (Lipinski definition) is 3. The lowest BCUT2D eigenvalue weighted by atomic mass is 10.1. The second-order valence-corrected chi connectivity index (χ2v) is 5.64. The van der Waals surface area contributed by atoms with Crippen LogP contribution < -0.4 is 0 Å².